The summed E-state index contributed by atoms with van der Waals surface area (Å²) in [5.74, 6) is -0.285. The van der Waals surface area contributed by atoms with Crippen LogP contribution >= 0.6 is 27.5 Å². The summed E-state index contributed by atoms with van der Waals surface area (Å²) in [6.45, 7) is 0.335. The van der Waals surface area contributed by atoms with Crippen LogP contribution in [0.25, 0.3) is 0 Å². The van der Waals surface area contributed by atoms with Gasteiger partial charge in [-0.25, -0.2) is 9.07 Å². The van der Waals surface area contributed by atoms with Crippen molar-refractivity contribution in [1.29, 1.82) is 0 Å². The van der Waals surface area contributed by atoms with Crippen molar-refractivity contribution in [2.45, 2.75) is 13.0 Å². The van der Waals surface area contributed by atoms with E-state index in [9.17, 15) is 4.39 Å². The molecule has 2 rings (SSSR count). The lowest BCUT2D eigenvalue weighted by Gasteiger charge is -2.03. The molecule has 0 saturated heterocycles. The fourth-order valence-electron chi connectivity index (χ4n) is 1.47. The molecule has 1 aromatic carbocycles. The van der Waals surface area contributed by atoms with E-state index in [-0.39, 0.29) is 5.82 Å². The molecule has 2 aromatic rings. The van der Waals surface area contributed by atoms with Gasteiger partial charge in [0.05, 0.1) is 12.2 Å². The molecule has 6 heteroatoms. The van der Waals surface area contributed by atoms with E-state index in [2.05, 4.69) is 26.2 Å². The van der Waals surface area contributed by atoms with Gasteiger partial charge < -0.3 is 0 Å². The Morgan fingerprint density at radius 1 is 1.41 bits per heavy atom. The van der Waals surface area contributed by atoms with Gasteiger partial charge in [0.25, 0.3) is 0 Å². The summed E-state index contributed by atoms with van der Waals surface area (Å²) in [5.41, 5.74) is 1.39. The van der Waals surface area contributed by atoms with Gasteiger partial charge in [0.2, 0.25) is 0 Å². The van der Waals surface area contributed by atoms with Crippen molar-refractivity contribution in [3.63, 3.8) is 0 Å². The fraction of sp³-hybridized carbons (Fsp3) is 0.273. The number of hydrogen-bond donors (Lipinski definition) is 0. The van der Waals surface area contributed by atoms with Gasteiger partial charge in [0.15, 0.2) is 0 Å². The lowest BCUT2D eigenvalue weighted by Crippen LogP contribution is -2.02. The minimum atomic E-state index is -0.285. The zero-order valence-electron chi connectivity index (χ0n) is 8.91. The van der Waals surface area contributed by atoms with Crippen LogP contribution in [0.5, 0.6) is 0 Å². The number of rotatable bonds is 4. The minimum absolute atomic E-state index is 0.285. The van der Waals surface area contributed by atoms with E-state index in [0.717, 1.165) is 17.4 Å². The monoisotopic (exact) mass is 317 g/mol. The maximum Gasteiger partial charge on any atom is 0.128 e. The predicted octanol–water partition coefficient (Wildman–Crippen LogP) is 3.06. The topological polar surface area (TPSA) is 30.7 Å². The molecule has 0 aliphatic rings. The third-order valence-electron chi connectivity index (χ3n) is 2.28. The number of aromatic nitrogens is 3. The van der Waals surface area contributed by atoms with Gasteiger partial charge in [-0.1, -0.05) is 32.7 Å². The van der Waals surface area contributed by atoms with E-state index < -0.39 is 0 Å². The summed E-state index contributed by atoms with van der Waals surface area (Å²) in [4.78, 5) is 0. The van der Waals surface area contributed by atoms with Crippen LogP contribution in [0.2, 0.25) is 5.02 Å². The largest absolute Gasteiger partial charge is 0.248 e. The van der Waals surface area contributed by atoms with E-state index in [1.807, 2.05) is 6.20 Å². The maximum atomic E-state index is 13.5. The number of halogens is 3. The molecule has 1 heterocycles. The van der Waals surface area contributed by atoms with Crippen LogP contribution in [0.15, 0.2) is 24.4 Å². The Hall–Kier alpha value is -0.940. The molecule has 90 valence electrons. The normalized spacial score (nSPS) is 10.8. The third kappa shape index (κ3) is 3.26. The van der Waals surface area contributed by atoms with Gasteiger partial charge in [-0.05, 0) is 18.2 Å². The van der Waals surface area contributed by atoms with Crippen molar-refractivity contribution in [2.24, 2.45) is 0 Å². The van der Waals surface area contributed by atoms with Crippen molar-refractivity contribution in [1.82, 2.24) is 15.0 Å². The maximum absolute atomic E-state index is 13.5. The second-order valence-electron chi connectivity index (χ2n) is 3.58. The van der Waals surface area contributed by atoms with Crippen molar-refractivity contribution < 1.29 is 4.39 Å². The van der Waals surface area contributed by atoms with Gasteiger partial charge in [-0.3, -0.25) is 0 Å². The van der Waals surface area contributed by atoms with Gasteiger partial charge >= 0.3 is 0 Å². The van der Waals surface area contributed by atoms with Crippen LogP contribution in [-0.4, -0.2) is 20.3 Å². The molecule has 0 amide bonds. The SMILES string of the molecule is Fc1ccc(Cl)cc1Cn1cc(CCBr)nn1. The van der Waals surface area contributed by atoms with Crippen LogP contribution < -0.4 is 0 Å². The Kier molecular flexibility index (Phi) is 4.12. The van der Waals surface area contributed by atoms with E-state index >= 15 is 0 Å². The summed E-state index contributed by atoms with van der Waals surface area (Å²) < 4.78 is 15.1. The smallest absolute Gasteiger partial charge is 0.128 e. The predicted molar refractivity (Wildman–Crippen MR) is 68.0 cm³/mol. The Bertz CT molecular complexity index is 515. The molecule has 0 N–H and O–H groups in total. The molecular weight excluding hydrogens is 308 g/mol. The van der Waals surface area contributed by atoms with E-state index in [1.165, 1.54) is 12.1 Å². The fourth-order valence-corrected chi connectivity index (χ4v) is 2.07. The van der Waals surface area contributed by atoms with Crippen LogP contribution in [-0.2, 0) is 13.0 Å². The first-order valence-electron chi connectivity index (χ1n) is 5.08. The first-order chi connectivity index (χ1) is 8.19. The average Bonchev–Trinajstić information content (AvgIpc) is 2.72. The zero-order valence-corrected chi connectivity index (χ0v) is 11.2. The molecule has 0 radical (unpaired) electrons. The molecule has 0 unspecified atom stereocenters. The molecule has 0 spiro atoms. The number of benzene rings is 1. The highest BCUT2D eigenvalue weighted by Crippen LogP contribution is 2.15. The molecule has 0 aliphatic heterocycles. The number of aryl methyl sites for hydroxylation is 1. The lowest BCUT2D eigenvalue weighted by atomic mass is 10.2. The highest BCUT2D eigenvalue weighted by atomic mass is 79.9. The molecule has 3 nitrogen and oxygen atoms in total. The number of hydrogen-bond acceptors (Lipinski definition) is 2. The molecule has 0 fully saturated rings. The Morgan fingerprint density at radius 3 is 3.00 bits per heavy atom. The first-order valence-corrected chi connectivity index (χ1v) is 6.58. The second-order valence-corrected chi connectivity index (χ2v) is 4.81. The van der Waals surface area contributed by atoms with Crippen LogP contribution in [0.4, 0.5) is 4.39 Å². The summed E-state index contributed by atoms with van der Waals surface area (Å²) >= 11 is 9.15. The molecular formula is C11H10BrClFN3. The average molecular weight is 319 g/mol. The Morgan fingerprint density at radius 2 is 2.24 bits per heavy atom. The van der Waals surface area contributed by atoms with E-state index in [0.29, 0.717) is 17.1 Å². The lowest BCUT2D eigenvalue weighted by molar-refractivity contribution is 0.577. The van der Waals surface area contributed by atoms with Crippen molar-refractivity contribution in [3.05, 3.63) is 46.5 Å². The Balaban J connectivity index is 2.16. The summed E-state index contributed by atoms with van der Waals surface area (Å²) in [6.07, 6.45) is 2.61. The summed E-state index contributed by atoms with van der Waals surface area (Å²) in [7, 11) is 0. The third-order valence-corrected chi connectivity index (χ3v) is 2.91. The van der Waals surface area contributed by atoms with Gasteiger partial charge in [0, 0.05) is 28.5 Å². The van der Waals surface area contributed by atoms with Crippen LogP contribution in [0.1, 0.15) is 11.3 Å². The molecule has 0 aliphatic carbocycles. The molecule has 1 aromatic heterocycles. The standard InChI is InChI=1S/C11H10BrClFN3/c12-4-3-10-7-17(16-15-10)6-8-5-9(13)1-2-11(8)14/h1-2,5,7H,3-4,6H2. The van der Waals surface area contributed by atoms with Crippen LogP contribution in [0.3, 0.4) is 0 Å². The van der Waals surface area contributed by atoms with Crippen molar-refractivity contribution >= 4 is 27.5 Å². The van der Waals surface area contributed by atoms with E-state index in [1.54, 1.807) is 10.7 Å². The number of nitrogens with zero attached hydrogens (tertiary/aromatic N) is 3. The van der Waals surface area contributed by atoms with Crippen molar-refractivity contribution in [2.75, 3.05) is 5.33 Å². The molecule has 0 saturated carbocycles. The first kappa shape index (κ1) is 12.5. The molecule has 17 heavy (non-hydrogen) atoms. The second kappa shape index (κ2) is 5.60. The van der Waals surface area contributed by atoms with Crippen LogP contribution in [0, 0.1) is 5.82 Å². The summed E-state index contributed by atoms with van der Waals surface area (Å²) in [6, 6.07) is 4.48. The molecule has 0 bridgehead atoms. The van der Waals surface area contributed by atoms with Gasteiger partial charge in [-0.15, -0.1) is 5.10 Å². The van der Waals surface area contributed by atoms with E-state index in [4.69, 9.17) is 11.6 Å². The highest BCUT2D eigenvalue weighted by Gasteiger charge is 2.06. The quantitative estimate of drug-likeness (QED) is 0.811. The van der Waals surface area contributed by atoms with Gasteiger partial charge in [0.1, 0.15) is 5.82 Å². The van der Waals surface area contributed by atoms with Crippen molar-refractivity contribution in [3.8, 4) is 0 Å². The minimum Gasteiger partial charge on any atom is -0.248 e. The zero-order chi connectivity index (χ0) is 12.3. The summed E-state index contributed by atoms with van der Waals surface area (Å²) in [5, 5.41) is 9.27. The Labute approximate surface area is 112 Å². The highest BCUT2D eigenvalue weighted by molar-refractivity contribution is 9.09. The number of alkyl halides is 1. The van der Waals surface area contributed by atoms with Gasteiger partial charge in [-0.2, -0.15) is 0 Å². The molecule has 0 atom stereocenters.